The molecule has 2 heteroatoms. The number of hydrogen-bond acceptors (Lipinski definition) is 2. The zero-order valence-corrected chi connectivity index (χ0v) is 9.10. The maximum absolute atomic E-state index is 6.20. The van der Waals surface area contributed by atoms with E-state index in [-0.39, 0.29) is 6.04 Å². The van der Waals surface area contributed by atoms with Crippen LogP contribution in [0.3, 0.4) is 0 Å². The molecule has 2 unspecified atom stereocenters. The van der Waals surface area contributed by atoms with E-state index >= 15 is 0 Å². The van der Waals surface area contributed by atoms with Crippen molar-refractivity contribution in [3.8, 4) is 0 Å². The third-order valence-corrected chi connectivity index (χ3v) is 3.43. The SMILES string of the molecule is NC1Cc2ccccc2C1Cc1ccco1. The van der Waals surface area contributed by atoms with Crippen molar-refractivity contribution in [1.29, 1.82) is 0 Å². The Morgan fingerprint density at radius 3 is 2.88 bits per heavy atom. The monoisotopic (exact) mass is 213 g/mol. The van der Waals surface area contributed by atoms with Gasteiger partial charge in [-0.15, -0.1) is 0 Å². The summed E-state index contributed by atoms with van der Waals surface area (Å²) in [5, 5.41) is 0. The van der Waals surface area contributed by atoms with E-state index in [4.69, 9.17) is 10.2 Å². The van der Waals surface area contributed by atoms with E-state index in [0.29, 0.717) is 5.92 Å². The summed E-state index contributed by atoms with van der Waals surface area (Å²) in [5.41, 5.74) is 8.99. The molecule has 2 atom stereocenters. The van der Waals surface area contributed by atoms with Gasteiger partial charge in [0, 0.05) is 18.4 Å². The van der Waals surface area contributed by atoms with Crippen LogP contribution in [0.2, 0.25) is 0 Å². The van der Waals surface area contributed by atoms with E-state index in [1.165, 1.54) is 11.1 Å². The van der Waals surface area contributed by atoms with Crippen molar-refractivity contribution < 1.29 is 4.42 Å². The minimum Gasteiger partial charge on any atom is -0.469 e. The highest BCUT2D eigenvalue weighted by atomic mass is 16.3. The van der Waals surface area contributed by atoms with Gasteiger partial charge in [0.2, 0.25) is 0 Å². The maximum Gasteiger partial charge on any atom is 0.104 e. The molecule has 1 aliphatic rings. The maximum atomic E-state index is 6.20. The lowest BCUT2D eigenvalue weighted by Gasteiger charge is -2.14. The van der Waals surface area contributed by atoms with Crippen molar-refractivity contribution in [3.63, 3.8) is 0 Å². The molecular weight excluding hydrogens is 198 g/mol. The second-order valence-corrected chi connectivity index (χ2v) is 4.46. The van der Waals surface area contributed by atoms with Gasteiger partial charge in [-0.2, -0.15) is 0 Å². The molecule has 0 radical (unpaired) electrons. The van der Waals surface area contributed by atoms with Gasteiger partial charge in [-0.05, 0) is 29.7 Å². The standard InChI is InChI=1S/C14H15NO/c15-14-8-10-4-1-2-6-12(10)13(14)9-11-5-3-7-16-11/h1-7,13-14H,8-9,15H2. The second kappa shape index (κ2) is 3.80. The highest BCUT2D eigenvalue weighted by Gasteiger charge is 2.29. The van der Waals surface area contributed by atoms with E-state index < -0.39 is 0 Å². The van der Waals surface area contributed by atoms with Crippen molar-refractivity contribution in [1.82, 2.24) is 0 Å². The first-order valence-corrected chi connectivity index (χ1v) is 5.70. The van der Waals surface area contributed by atoms with Crippen molar-refractivity contribution >= 4 is 0 Å². The van der Waals surface area contributed by atoms with E-state index in [2.05, 4.69) is 24.3 Å². The molecule has 0 saturated heterocycles. The quantitative estimate of drug-likeness (QED) is 0.832. The Kier molecular flexibility index (Phi) is 2.29. The molecule has 3 rings (SSSR count). The van der Waals surface area contributed by atoms with Gasteiger partial charge in [0.1, 0.15) is 5.76 Å². The number of fused-ring (bicyclic) bond motifs is 1. The number of rotatable bonds is 2. The van der Waals surface area contributed by atoms with Gasteiger partial charge in [0.25, 0.3) is 0 Å². The van der Waals surface area contributed by atoms with Gasteiger partial charge in [-0.1, -0.05) is 24.3 Å². The van der Waals surface area contributed by atoms with Gasteiger partial charge < -0.3 is 10.2 Å². The zero-order chi connectivity index (χ0) is 11.0. The van der Waals surface area contributed by atoms with Crippen molar-refractivity contribution in [3.05, 3.63) is 59.5 Å². The molecule has 0 spiro atoms. The van der Waals surface area contributed by atoms with E-state index in [1.807, 2.05) is 12.1 Å². The van der Waals surface area contributed by atoms with Crippen LogP contribution >= 0.6 is 0 Å². The van der Waals surface area contributed by atoms with Crippen LogP contribution in [0.5, 0.6) is 0 Å². The van der Waals surface area contributed by atoms with Crippen LogP contribution in [0, 0.1) is 0 Å². The smallest absolute Gasteiger partial charge is 0.104 e. The first kappa shape index (κ1) is 9.67. The Balaban J connectivity index is 1.90. The first-order valence-electron chi connectivity index (χ1n) is 5.70. The fourth-order valence-electron chi connectivity index (χ4n) is 2.62. The Hall–Kier alpha value is -1.54. The molecule has 0 fully saturated rings. The van der Waals surface area contributed by atoms with Gasteiger partial charge in [0.15, 0.2) is 0 Å². The summed E-state index contributed by atoms with van der Waals surface area (Å²) in [6.45, 7) is 0. The molecule has 0 saturated carbocycles. The van der Waals surface area contributed by atoms with Crippen LogP contribution in [-0.4, -0.2) is 6.04 Å². The lowest BCUT2D eigenvalue weighted by Crippen LogP contribution is -2.26. The fraction of sp³-hybridized carbons (Fsp3) is 0.286. The molecule has 16 heavy (non-hydrogen) atoms. The predicted molar refractivity (Wildman–Crippen MR) is 63.3 cm³/mol. The van der Waals surface area contributed by atoms with E-state index in [9.17, 15) is 0 Å². The molecule has 2 nitrogen and oxygen atoms in total. The molecule has 2 N–H and O–H groups in total. The summed E-state index contributed by atoms with van der Waals surface area (Å²) < 4.78 is 5.40. The molecule has 0 bridgehead atoms. The minimum atomic E-state index is 0.225. The molecule has 2 aromatic rings. The van der Waals surface area contributed by atoms with E-state index in [1.54, 1.807) is 6.26 Å². The van der Waals surface area contributed by atoms with E-state index in [0.717, 1.165) is 18.6 Å². The summed E-state index contributed by atoms with van der Waals surface area (Å²) in [5.74, 6) is 1.43. The lowest BCUT2D eigenvalue weighted by molar-refractivity contribution is 0.465. The van der Waals surface area contributed by atoms with Crippen LogP contribution < -0.4 is 5.73 Å². The predicted octanol–water partition coefficient (Wildman–Crippen LogP) is 2.49. The molecular formula is C14H15NO. The molecule has 1 heterocycles. The van der Waals surface area contributed by atoms with Gasteiger partial charge in [-0.3, -0.25) is 0 Å². The summed E-state index contributed by atoms with van der Waals surface area (Å²) >= 11 is 0. The molecule has 1 aromatic carbocycles. The minimum absolute atomic E-state index is 0.225. The summed E-state index contributed by atoms with van der Waals surface area (Å²) in [7, 11) is 0. The second-order valence-electron chi connectivity index (χ2n) is 4.46. The summed E-state index contributed by atoms with van der Waals surface area (Å²) in [6.07, 6.45) is 3.62. The van der Waals surface area contributed by atoms with Crippen molar-refractivity contribution in [2.75, 3.05) is 0 Å². The lowest BCUT2D eigenvalue weighted by atomic mass is 9.94. The zero-order valence-electron chi connectivity index (χ0n) is 9.10. The number of furan rings is 1. The van der Waals surface area contributed by atoms with Crippen LogP contribution in [-0.2, 0) is 12.8 Å². The number of nitrogens with two attached hydrogens (primary N) is 1. The Labute approximate surface area is 95.1 Å². The molecule has 0 amide bonds. The largest absolute Gasteiger partial charge is 0.469 e. The van der Waals surface area contributed by atoms with Crippen LogP contribution in [0.4, 0.5) is 0 Å². The third-order valence-electron chi connectivity index (χ3n) is 3.43. The van der Waals surface area contributed by atoms with Crippen LogP contribution in [0.1, 0.15) is 22.8 Å². The van der Waals surface area contributed by atoms with Crippen molar-refractivity contribution in [2.45, 2.75) is 24.8 Å². The summed E-state index contributed by atoms with van der Waals surface area (Å²) in [4.78, 5) is 0. The topological polar surface area (TPSA) is 39.2 Å². The van der Waals surface area contributed by atoms with Crippen LogP contribution in [0.25, 0.3) is 0 Å². The molecule has 82 valence electrons. The van der Waals surface area contributed by atoms with Gasteiger partial charge >= 0.3 is 0 Å². The Bertz CT molecular complexity index is 475. The fourth-order valence-corrected chi connectivity index (χ4v) is 2.62. The normalized spacial score (nSPS) is 23.3. The highest BCUT2D eigenvalue weighted by Crippen LogP contribution is 2.34. The molecule has 0 aliphatic heterocycles. The Morgan fingerprint density at radius 1 is 1.19 bits per heavy atom. The first-order chi connectivity index (χ1) is 7.84. The average molecular weight is 213 g/mol. The number of benzene rings is 1. The Morgan fingerprint density at radius 2 is 2.06 bits per heavy atom. The number of hydrogen-bond donors (Lipinski definition) is 1. The van der Waals surface area contributed by atoms with Gasteiger partial charge in [-0.25, -0.2) is 0 Å². The molecule has 1 aromatic heterocycles. The third kappa shape index (κ3) is 1.55. The van der Waals surface area contributed by atoms with Crippen molar-refractivity contribution in [2.24, 2.45) is 5.73 Å². The average Bonchev–Trinajstić information content (AvgIpc) is 2.89. The molecule has 1 aliphatic carbocycles. The summed E-state index contributed by atoms with van der Waals surface area (Å²) in [6, 6.07) is 12.7. The highest BCUT2D eigenvalue weighted by molar-refractivity contribution is 5.38. The van der Waals surface area contributed by atoms with Gasteiger partial charge in [0.05, 0.1) is 6.26 Å². The van der Waals surface area contributed by atoms with Crippen LogP contribution in [0.15, 0.2) is 47.1 Å².